The Labute approximate surface area is 97.5 Å². The Kier molecular flexibility index (Phi) is 5.18. The number of nitrogens with one attached hydrogen (secondary N) is 2. The highest BCUT2D eigenvalue weighted by atomic mass is 16.5. The monoisotopic (exact) mass is 229 g/mol. The van der Waals surface area contributed by atoms with E-state index in [0.717, 1.165) is 32.7 Å². The van der Waals surface area contributed by atoms with Gasteiger partial charge in [0.2, 0.25) is 0 Å². The summed E-state index contributed by atoms with van der Waals surface area (Å²) in [5, 5.41) is 6.19. The molecule has 1 aliphatic heterocycles. The second kappa shape index (κ2) is 6.18. The maximum absolute atomic E-state index is 11.7. The van der Waals surface area contributed by atoms with Crippen molar-refractivity contribution in [3.63, 3.8) is 0 Å². The number of rotatable bonds is 5. The Morgan fingerprint density at radius 2 is 2.06 bits per heavy atom. The minimum absolute atomic E-state index is 0.0508. The van der Waals surface area contributed by atoms with E-state index in [2.05, 4.69) is 15.5 Å². The van der Waals surface area contributed by atoms with Gasteiger partial charge in [-0.25, -0.2) is 0 Å². The van der Waals surface area contributed by atoms with Crippen LogP contribution in [0.25, 0.3) is 0 Å². The Balaban J connectivity index is 2.17. The zero-order chi connectivity index (χ0) is 12.0. The number of nitrogens with zero attached hydrogens (tertiary/aromatic N) is 1. The standard InChI is InChI=1S/C11H23N3O2/c1-11(2,16-3)10(15)13-6-9-14-7-4-12-5-8-14/h12H,4-9H2,1-3H3,(H,13,15). The molecule has 0 aromatic carbocycles. The Bertz CT molecular complexity index is 225. The van der Waals surface area contributed by atoms with Gasteiger partial charge in [-0.1, -0.05) is 0 Å². The third-order valence-electron chi connectivity index (χ3n) is 2.98. The van der Waals surface area contributed by atoms with Crippen LogP contribution in [-0.4, -0.2) is 62.8 Å². The van der Waals surface area contributed by atoms with E-state index in [0.29, 0.717) is 6.54 Å². The molecule has 0 radical (unpaired) electrons. The molecular weight excluding hydrogens is 206 g/mol. The molecule has 0 aromatic heterocycles. The molecule has 5 heteroatoms. The van der Waals surface area contributed by atoms with Crippen LogP contribution in [0.2, 0.25) is 0 Å². The van der Waals surface area contributed by atoms with Crippen molar-refractivity contribution < 1.29 is 9.53 Å². The van der Waals surface area contributed by atoms with E-state index in [1.807, 2.05) is 0 Å². The second-order valence-electron chi connectivity index (χ2n) is 4.56. The molecule has 16 heavy (non-hydrogen) atoms. The molecule has 0 aliphatic carbocycles. The number of amides is 1. The largest absolute Gasteiger partial charge is 0.369 e. The van der Waals surface area contributed by atoms with Gasteiger partial charge in [-0.3, -0.25) is 9.69 Å². The second-order valence-corrected chi connectivity index (χ2v) is 4.56. The maximum atomic E-state index is 11.7. The highest BCUT2D eigenvalue weighted by molar-refractivity contribution is 5.84. The molecule has 1 aliphatic rings. The van der Waals surface area contributed by atoms with Crippen molar-refractivity contribution in [2.75, 3.05) is 46.4 Å². The van der Waals surface area contributed by atoms with Gasteiger partial charge in [-0.15, -0.1) is 0 Å². The highest BCUT2D eigenvalue weighted by Crippen LogP contribution is 2.06. The number of carbonyl (C=O) groups is 1. The molecule has 0 aromatic rings. The molecule has 1 rings (SSSR count). The Morgan fingerprint density at radius 1 is 1.44 bits per heavy atom. The summed E-state index contributed by atoms with van der Waals surface area (Å²) < 4.78 is 5.11. The van der Waals surface area contributed by atoms with Gasteiger partial charge in [-0.2, -0.15) is 0 Å². The van der Waals surface area contributed by atoms with E-state index < -0.39 is 5.60 Å². The maximum Gasteiger partial charge on any atom is 0.251 e. The van der Waals surface area contributed by atoms with Crippen LogP contribution in [0.3, 0.4) is 0 Å². The van der Waals surface area contributed by atoms with Gasteiger partial charge in [0.25, 0.3) is 5.91 Å². The van der Waals surface area contributed by atoms with Crippen LogP contribution in [-0.2, 0) is 9.53 Å². The predicted molar refractivity (Wildman–Crippen MR) is 63.4 cm³/mol. The summed E-state index contributed by atoms with van der Waals surface area (Å²) in [4.78, 5) is 14.0. The summed E-state index contributed by atoms with van der Waals surface area (Å²) in [5.74, 6) is -0.0508. The van der Waals surface area contributed by atoms with Crippen molar-refractivity contribution in [3.05, 3.63) is 0 Å². The summed E-state index contributed by atoms with van der Waals surface area (Å²) in [6.07, 6.45) is 0. The van der Waals surface area contributed by atoms with E-state index in [-0.39, 0.29) is 5.91 Å². The number of hydrogen-bond donors (Lipinski definition) is 2. The minimum atomic E-state index is -0.733. The van der Waals surface area contributed by atoms with Gasteiger partial charge in [0.05, 0.1) is 0 Å². The molecule has 1 saturated heterocycles. The van der Waals surface area contributed by atoms with E-state index in [1.54, 1.807) is 21.0 Å². The van der Waals surface area contributed by atoms with Crippen LogP contribution in [0.1, 0.15) is 13.8 Å². The highest BCUT2D eigenvalue weighted by Gasteiger charge is 2.26. The normalized spacial score (nSPS) is 18.4. The Hall–Kier alpha value is -0.650. The van der Waals surface area contributed by atoms with Gasteiger partial charge in [0.1, 0.15) is 5.60 Å². The molecule has 0 saturated carbocycles. The minimum Gasteiger partial charge on any atom is -0.369 e. The molecule has 1 fully saturated rings. The molecule has 0 bridgehead atoms. The van der Waals surface area contributed by atoms with E-state index in [9.17, 15) is 4.79 Å². The van der Waals surface area contributed by atoms with E-state index in [4.69, 9.17) is 4.74 Å². The summed E-state index contributed by atoms with van der Waals surface area (Å²) in [6, 6.07) is 0. The fourth-order valence-corrected chi connectivity index (χ4v) is 1.57. The molecule has 94 valence electrons. The van der Waals surface area contributed by atoms with Crippen LogP contribution in [0, 0.1) is 0 Å². The number of carbonyl (C=O) groups excluding carboxylic acids is 1. The first-order chi connectivity index (χ1) is 7.56. The van der Waals surface area contributed by atoms with Crippen LogP contribution in [0.15, 0.2) is 0 Å². The zero-order valence-corrected chi connectivity index (χ0v) is 10.5. The first-order valence-corrected chi connectivity index (χ1v) is 5.83. The van der Waals surface area contributed by atoms with E-state index in [1.165, 1.54) is 0 Å². The van der Waals surface area contributed by atoms with Gasteiger partial charge in [-0.05, 0) is 13.8 Å². The third-order valence-corrected chi connectivity index (χ3v) is 2.98. The molecule has 0 unspecified atom stereocenters. The lowest BCUT2D eigenvalue weighted by atomic mass is 10.1. The van der Waals surface area contributed by atoms with Crippen LogP contribution in [0.4, 0.5) is 0 Å². The zero-order valence-electron chi connectivity index (χ0n) is 10.5. The fraction of sp³-hybridized carbons (Fsp3) is 0.909. The van der Waals surface area contributed by atoms with Gasteiger partial charge in [0.15, 0.2) is 0 Å². The van der Waals surface area contributed by atoms with Crippen molar-refractivity contribution in [1.29, 1.82) is 0 Å². The lowest BCUT2D eigenvalue weighted by Gasteiger charge is -2.28. The smallest absolute Gasteiger partial charge is 0.251 e. The van der Waals surface area contributed by atoms with Crippen LogP contribution in [0.5, 0.6) is 0 Å². The quantitative estimate of drug-likeness (QED) is 0.663. The average Bonchev–Trinajstić information content (AvgIpc) is 2.30. The summed E-state index contributed by atoms with van der Waals surface area (Å²) >= 11 is 0. The summed E-state index contributed by atoms with van der Waals surface area (Å²) in [7, 11) is 1.55. The average molecular weight is 229 g/mol. The third kappa shape index (κ3) is 4.08. The number of hydrogen-bond acceptors (Lipinski definition) is 4. The molecule has 1 heterocycles. The Morgan fingerprint density at radius 3 is 2.62 bits per heavy atom. The lowest BCUT2D eigenvalue weighted by molar-refractivity contribution is -0.139. The van der Waals surface area contributed by atoms with Crippen molar-refractivity contribution in [2.24, 2.45) is 0 Å². The first-order valence-electron chi connectivity index (χ1n) is 5.83. The molecule has 5 nitrogen and oxygen atoms in total. The summed E-state index contributed by atoms with van der Waals surface area (Å²) in [6.45, 7) is 9.33. The number of piperazine rings is 1. The molecular formula is C11H23N3O2. The van der Waals surface area contributed by atoms with Crippen molar-refractivity contribution in [3.8, 4) is 0 Å². The number of methoxy groups -OCH3 is 1. The molecule has 0 atom stereocenters. The van der Waals surface area contributed by atoms with E-state index >= 15 is 0 Å². The first kappa shape index (κ1) is 13.4. The van der Waals surface area contributed by atoms with Crippen molar-refractivity contribution in [1.82, 2.24) is 15.5 Å². The van der Waals surface area contributed by atoms with Crippen molar-refractivity contribution >= 4 is 5.91 Å². The fourth-order valence-electron chi connectivity index (χ4n) is 1.57. The SMILES string of the molecule is COC(C)(C)C(=O)NCCN1CCNCC1. The van der Waals surface area contributed by atoms with Crippen molar-refractivity contribution in [2.45, 2.75) is 19.4 Å². The molecule has 2 N–H and O–H groups in total. The van der Waals surface area contributed by atoms with Gasteiger partial charge < -0.3 is 15.4 Å². The molecule has 1 amide bonds. The topological polar surface area (TPSA) is 53.6 Å². The number of ether oxygens (including phenoxy) is 1. The van der Waals surface area contributed by atoms with Crippen LogP contribution >= 0.6 is 0 Å². The van der Waals surface area contributed by atoms with Gasteiger partial charge in [0, 0.05) is 46.4 Å². The van der Waals surface area contributed by atoms with Crippen LogP contribution < -0.4 is 10.6 Å². The lowest BCUT2D eigenvalue weighted by Crippen LogP contribution is -2.49. The molecule has 0 spiro atoms. The van der Waals surface area contributed by atoms with Gasteiger partial charge >= 0.3 is 0 Å². The predicted octanol–water partition coefficient (Wildman–Crippen LogP) is -0.567. The summed E-state index contributed by atoms with van der Waals surface area (Å²) in [5.41, 5.74) is -0.733.